The van der Waals surface area contributed by atoms with E-state index in [1.165, 1.54) is 11.3 Å². The van der Waals surface area contributed by atoms with E-state index in [9.17, 15) is 13.2 Å². The Balaban J connectivity index is 1.59. The fourth-order valence-corrected chi connectivity index (χ4v) is 6.24. The first-order valence-electron chi connectivity index (χ1n) is 9.50. The molecule has 0 saturated carbocycles. The van der Waals surface area contributed by atoms with Gasteiger partial charge in [0.2, 0.25) is 5.91 Å². The van der Waals surface area contributed by atoms with E-state index < -0.39 is 10.0 Å². The minimum Gasteiger partial charge on any atom is -0.497 e. The molecule has 1 saturated heterocycles. The predicted octanol–water partition coefficient (Wildman–Crippen LogP) is 2.80. The molecule has 29 heavy (non-hydrogen) atoms. The van der Waals surface area contributed by atoms with Gasteiger partial charge in [0.1, 0.15) is 15.7 Å². The summed E-state index contributed by atoms with van der Waals surface area (Å²) in [5.41, 5.74) is 0.856. The van der Waals surface area contributed by atoms with Crippen molar-refractivity contribution in [1.29, 1.82) is 0 Å². The van der Waals surface area contributed by atoms with E-state index in [1.54, 1.807) is 36.7 Å². The van der Waals surface area contributed by atoms with Gasteiger partial charge in [-0.1, -0.05) is 6.42 Å². The number of hydrogen-bond acceptors (Lipinski definition) is 6. The van der Waals surface area contributed by atoms with E-state index >= 15 is 0 Å². The zero-order valence-corrected chi connectivity index (χ0v) is 18.3. The Morgan fingerprint density at radius 3 is 2.34 bits per heavy atom. The van der Waals surface area contributed by atoms with Crippen LogP contribution in [-0.2, 0) is 27.8 Å². The van der Waals surface area contributed by atoms with Crippen LogP contribution in [0.2, 0.25) is 0 Å². The van der Waals surface area contributed by atoms with Gasteiger partial charge in [-0.05, 0) is 42.7 Å². The fourth-order valence-electron chi connectivity index (χ4n) is 3.21. The predicted molar refractivity (Wildman–Crippen MR) is 112 cm³/mol. The molecule has 0 atom stereocenters. The van der Waals surface area contributed by atoms with E-state index in [-0.39, 0.29) is 12.3 Å². The number of nitrogens with zero attached hydrogens (tertiary/aromatic N) is 1. The van der Waals surface area contributed by atoms with Crippen molar-refractivity contribution < 1.29 is 22.7 Å². The van der Waals surface area contributed by atoms with E-state index in [0.29, 0.717) is 35.3 Å². The molecule has 1 fully saturated rings. The molecule has 9 heteroatoms. The Kier molecular flexibility index (Phi) is 7.15. The number of benzene rings is 1. The number of piperidine rings is 1. The Morgan fingerprint density at radius 1 is 1.07 bits per heavy atom. The number of ether oxygens (including phenoxy) is 2. The number of carbonyl (C=O) groups is 1. The molecule has 2 heterocycles. The van der Waals surface area contributed by atoms with E-state index in [1.807, 2.05) is 12.1 Å². The third-order valence-corrected chi connectivity index (χ3v) is 8.23. The van der Waals surface area contributed by atoms with Gasteiger partial charge in [-0.2, -0.15) is 4.31 Å². The standard InChI is InChI=1S/C20H26N2O5S2/c1-26-16-10-15(11-17(12-16)27-2)14-21-19(23)13-18-6-7-20(28-18)29(24,25)22-8-4-3-5-9-22/h6-7,10-12H,3-5,8-9,13-14H2,1-2H3,(H,21,23). The average Bonchev–Trinajstić information content (AvgIpc) is 3.22. The third-order valence-electron chi connectivity index (χ3n) is 4.78. The second-order valence-corrected chi connectivity index (χ2v) is 10.2. The van der Waals surface area contributed by atoms with Gasteiger partial charge in [-0.3, -0.25) is 4.79 Å². The van der Waals surface area contributed by atoms with Gasteiger partial charge in [-0.25, -0.2) is 8.42 Å². The Morgan fingerprint density at radius 2 is 1.72 bits per heavy atom. The highest BCUT2D eigenvalue weighted by atomic mass is 32.2. The lowest BCUT2D eigenvalue weighted by atomic mass is 10.2. The quantitative estimate of drug-likeness (QED) is 0.685. The van der Waals surface area contributed by atoms with Crippen LogP contribution in [-0.4, -0.2) is 45.9 Å². The Bertz CT molecular complexity index is 927. The summed E-state index contributed by atoms with van der Waals surface area (Å²) in [4.78, 5) is 13.1. The van der Waals surface area contributed by atoms with Crippen molar-refractivity contribution in [3.8, 4) is 11.5 Å². The summed E-state index contributed by atoms with van der Waals surface area (Å²) in [6.07, 6.45) is 3.01. The van der Waals surface area contributed by atoms with Gasteiger partial charge in [0.05, 0.1) is 20.6 Å². The van der Waals surface area contributed by atoms with Gasteiger partial charge in [0, 0.05) is 30.6 Å². The summed E-state index contributed by atoms with van der Waals surface area (Å²) >= 11 is 1.17. The van der Waals surface area contributed by atoms with Crippen molar-refractivity contribution in [2.45, 2.75) is 36.4 Å². The van der Waals surface area contributed by atoms with Crippen LogP contribution in [0, 0.1) is 0 Å². The minimum absolute atomic E-state index is 0.140. The first-order valence-corrected chi connectivity index (χ1v) is 11.8. The van der Waals surface area contributed by atoms with E-state index in [4.69, 9.17) is 9.47 Å². The molecule has 0 spiro atoms. The SMILES string of the molecule is COc1cc(CNC(=O)Cc2ccc(S(=O)(=O)N3CCCCC3)s2)cc(OC)c1. The summed E-state index contributed by atoms with van der Waals surface area (Å²) in [6, 6.07) is 8.75. The van der Waals surface area contributed by atoms with Crippen LogP contribution in [0.1, 0.15) is 29.7 Å². The third kappa shape index (κ3) is 5.49. The highest BCUT2D eigenvalue weighted by molar-refractivity contribution is 7.91. The fraction of sp³-hybridized carbons (Fsp3) is 0.450. The number of sulfonamides is 1. The molecular weight excluding hydrogens is 412 g/mol. The molecular formula is C20H26N2O5S2. The van der Waals surface area contributed by atoms with Gasteiger partial charge < -0.3 is 14.8 Å². The molecule has 1 amide bonds. The number of nitrogens with one attached hydrogen (secondary N) is 1. The number of thiophene rings is 1. The molecule has 7 nitrogen and oxygen atoms in total. The maximum Gasteiger partial charge on any atom is 0.252 e. The van der Waals surface area contributed by atoms with Crippen LogP contribution < -0.4 is 14.8 Å². The molecule has 3 rings (SSSR count). The molecule has 1 aliphatic rings. The second kappa shape index (κ2) is 9.60. The second-order valence-electron chi connectivity index (χ2n) is 6.86. The summed E-state index contributed by atoms with van der Waals surface area (Å²) in [5.74, 6) is 1.13. The van der Waals surface area contributed by atoms with Gasteiger partial charge in [0.25, 0.3) is 10.0 Å². The van der Waals surface area contributed by atoms with Crippen LogP contribution >= 0.6 is 11.3 Å². The number of amides is 1. The van der Waals surface area contributed by atoms with Crippen LogP contribution in [0.25, 0.3) is 0 Å². The zero-order valence-electron chi connectivity index (χ0n) is 16.6. The molecule has 1 N–H and O–H groups in total. The van der Waals surface area contributed by atoms with E-state index in [2.05, 4.69) is 5.32 Å². The lowest BCUT2D eigenvalue weighted by Crippen LogP contribution is -2.35. The lowest BCUT2D eigenvalue weighted by molar-refractivity contribution is -0.120. The van der Waals surface area contributed by atoms with Crippen molar-refractivity contribution in [3.63, 3.8) is 0 Å². The maximum atomic E-state index is 12.7. The highest BCUT2D eigenvalue weighted by Crippen LogP contribution is 2.27. The zero-order chi connectivity index (χ0) is 20.9. The molecule has 0 aliphatic carbocycles. The van der Waals surface area contributed by atoms with Crippen molar-refractivity contribution in [3.05, 3.63) is 40.8 Å². The lowest BCUT2D eigenvalue weighted by Gasteiger charge is -2.25. The monoisotopic (exact) mass is 438 g/mol. The van der Waals surface area contributed by atoms with E-state index in [0.717, 1.165) is 29.7 Å². The molecule has 1 aromatic carbocycles. The molecule has 158 valence electrons. The van der Waals surface area contributed by atoms with Gasteiger partial charge in [-0.15, -0.1) is 11.3 Å². The molecule has 1 aliphatic heterocycles. The molecule has 0 radical (unpaired) electrons. The summed E-state index contributed by atoms with van der Waals surface area (Å²) < 4.78 is 37.8. The van der Waals surface area contributed by atoms with Gasteiger partial charge >= 0.3 is 0 Å². The smallest absolute Gasteiger partial charge is 0.252 e. The number of hydrogen-bond donors (Lipinski definition) is 1. The van der Waals surface area contributed by atoms with Crippen LogP contribution in [0.15, 0.2) is 34.5 Å². The molecule has 1 aromatic heterocycles. The first kappa shape index (κ1) is 21.6. The largest absolute Gasteiger partial charge is 0.497 e. The summed E-state index contributed by atoms with van der Waals surface area (Å²) in [7, 11) is -0.310. The normalized spacial score (nSPS) is 15.1. The number of rotatable bonds is 8. The summed E-state index contributed by atoms with van der Waals surface area (Å²) in [6.45, 7) is 1.47. The molecule has 0 bridgehead atoms. The topological polar surface area (TPSA) is 84.9 Å². The molecule has 0 unspecified atom stereocenters. The highest BCUT2D eigenvalue weighted by Gasteiger charge is 2.27. The minimum atomic E-state index is -3.46. The van der Waals surface area contributed by atoms with Crippen LogP contribution in [0.4, 0.5) is 0 Å². The average molecular weight is 439 g/mol. The number of methoxy groups -OCH3 is 2. The van der Waals surface area contributed by atoms with Crippen molar-refractivity contribution in [1.82, 2.24) is 9.62 Å². The Hall–Kier alpha value is -2.10. The maximum absolute atomic E-state index is 12.7. The first-order chi connectivity index (χ1) is 13.9. The van der Waals surface area contributed by atoms with Crippen molar-refractivity contribution in [2.24, 2.45) is 0 Å². The number of carbonyl (C=O) groups excluding carboxylic acids is 1. The van der Waals surface area contributed by atoms with Crippen LogP contribution in [0.3, 0.4) is 0 Å². The van der Waals surface area contributed by atoms with Gasteiger partial charge in [0.15, 0.2) is 0 Å². The van der Waals surface area contributed by atoms with Crippen molar-refractivity contribution >= 4 is 27.3 Å². The Labute approximate surface area is 175 Å². The summed E-state index contributed by atoms with van der Waals surface area (Å²) in [5, 5.41) is 2.86. The van der Waals surface area contributed by atoms with Crippen LogP contribution in [0.5, 0.6) is 11.5 Å². The van der Waals surface area contributed by atoms with Crippen molar-refractivity contribution in [2.75, 3.05) is 27.3 Å². The molecule has 2 aromatic rings.